The average Bonchev–Trinajstić information content (AvgIpc) is 2.16. The van der Waals surface area contributed by atoms with Crippen LogP contribution in [0.15, 0.2) is 0 Å². The highest BCUT2D eigenvalue weighted by molar-refractivity contribution is 5.87. The molecule has 0 rings (SSSR count). The zero-order chi connectivity index (χ0) is 11.4. The topological polar surface area (TPSA) is 26.3 Å². The smallest absolute Gasteiger partial charge is 0.166 e. The number of carbonyl (C=O) groups excluding carboxylic acids is 1. The zero-order valence-electron chi connectivity index (χ0n) is 10.4. The van der Waals surface area contributed by atoms with E-state index in [2.05, 4.69) is 6.92 Å². The van der Waals surface area contributed by atoms with Crippen molar-refractivity contribution in [1.29, 1.82) is 0 Å². The van der Waals surface area contributed by atoms with Crippen LogP contribution in [0, 0.1) is 5.41 Å². The quantitative estimate of drug-likeness (QED) is 0.658. The molecule has 84 valence electrons. The van der Waals surface area contributed by atoms with E-state index in [1.165, 1.54) is 0 Å². The number of carbonyl (C=O) groups is 1. The van der Waals surface area contributed by atoms with E-state index in [0.717, 1.165) is 12.8 Å². The van der Waals surface area contributed by atoms with Crippen molar-refractivity contribution >= 4 is 5.78 Å². The van der Waals surface area contributed by atoms with Crippen molar-refractivity contribution in [1.82, 2.24) is 0 Å². The van der Waals surface area contributed by atoms with Gasteiger partial charge in [0.1, 0.15) is 6.10 Å². The maximum atomic E-state index is 11.9. The zero-order valence-corrected chi connectivity index (χ0v) is 10.4. The standard InChI is InChI=1S/C12H24O2/c1-7-9(3)14-10(4)11(13)12(5,6)8-2/h9-10H,7-8H2,1-6H3. The number of hydrogen-bond acceptors (Lipinski definition) is 2. The van der Waals surface area contributed by atoms with Crippen LogP contribution in [0.25, 0.3) is 0 Å². The first-order valence-electron chi connectivity index (χ1n) is 5.54. The normalized spacial score (nSPS) is 16.4. The summed E-state index contributed by atoms with van der Waals surface area (Å²) >= 11 is 0. The molecule has 0 aliphatic carbocycles. The lowest BCUT2D eigenvalue weighted by atomic mass is 9.83. The Bertz CT molecular complexity index is 185. The number of ketones is 1. The van der Waals surface area contributed by atoms with Crippen molar-refractivity contribution in [2.45, 2.75) is 66.6 Å². The lowest BCUT2D eigenvalue weighted by Gasteiger charge is -2.26. The number of Topliss-reactive ketones (excluding diaryl/α,β-unsaturated/α-hetero) is 1. The van der Waals surface area contributed by atoms with E-state index in [4.69, 9.17) is 4.74 Å². The van der Waals surface area contributed by atoms with E-state index in [1.807, 2.05) is 34.6 Å². The molecular formula is C12H24O2. The van der Waals surface area contributed by atoms with E-state index in [-0.39, 0.29) is 23.4 Å². The summed E-state index contributed by atoms with van der Waals surface area (Å²) in [4.78, 5) is 11.9. The molecule has 0 spiro atoms. The van der Waals surface area contributed by atoms with Crippen LogP contribution in [-0.4, -0.2) is 18.0 Å². The number of rotatable bonds is 6. The van der Waals surface area contributed by atoms with Crippen LogP contribution < -0.4 is 0 Å². The van der Waals surface area contributed by atoms with Crippen LogP contribution >= 0.6 is 0 Å². The first kappa shape index (κ1) is 13.6. The lowest BCUT2D eigenvalue weighted by molar-refractivity contribution is -0.141. The third-order valence-electron chi connectivity index (χ3n) is 2.93. The summed E-state index contributed by atoms with van der Waals surface area (Å²) in [6, 6.07) is 0. The summed E-state index contributed by atoms with van der Waals surface area (Å²) in [5.41, 5.74) is -0.257. The highest BCUT2D eigenvalue weighted by atomic mass is 16.5. The molecule has 0 bridgehead atoms. The van der Waals surface area contributed by atoms with Crippen molar-refractivity contribution < 1.29 is 9.53 Å². The first-order valence-corrected chi connectivity index (χ1v) is 5.54. The van der Waals surface area contributed by atoms with Gasteiger partial charge in [-0.2, -0.15) is 0 Å². The molecule has 2 nitrogen and oxygen atoms in total. The summed E-state index contributed by atoms with van der Waals surface area (Å²) in [7, 11) is 0. The predicted octanol–water partition coefficient (Wildman–Crippen LogP) is 3.20. The van der Waals surface area contributed by atoms with Gasteiger partial charge in [-0.3, -0.25) is 4.79 Å². The van der Waals surface area contributed by atoms with Crippen LogP contribution in [-0.2, 0) is 9.53 Å². The molecule has 0 fully saturated rings. The summed E-state index contributed by atoms with van der Waals surface area (Å²) in [6.45, 7) is 11.9. The van der Waals surface area contributed by atoms with Gasteiger partial charge in [-0.1, -0.05) is 27.7 Å². The van der Waals surface area contributed by atoms with E-state index in [9.17, 15) is 4.79 Å². The lowest BCUT2D eigenvalue weighted by Crippen LogP contribution is -2.35. The maximum Gasteiger partial charge on any atom is 0.166 e. The summed E-state index contributed by atoms with van der Waals surface area (Å²) in [5.74, 6) is 0.209. The Balaban J connectivity index is 4.25. The summed E-state index contributed by atoms with van der Waals surface area (Å²) < 4.78 is 5.60. The third-order valence-corrected chi connectivity index (χ3v) is 2.93. The molecule has 0 aromatic rings. The Labute approximate surface area is 88.0 Å². The molecule has 0 aliphatic heterocycles. The van der Waals surface area contributed by atoms with Crippen molar-refractivity contribution in [3.05, 3.63) is 0 Å². The van der Waals surface area contributed by atoms with Crippen molar-refractivity contribution in [2.24, 2.45) is 5.41 Å². The van der Waals surface area contributed by atoms with Crippen LogP contribution in [0.5, 0.6) is 0 Å². The molecule has 0 aromatic heterocycles. The molecule has 0 saturated carbocycles. The van der Waals surface area contributed by atoms with Crippen LogP contribution in [0.4, 0.5) is 0 Å². The molecule has 2 unspecified atom stereocenters. The largest absolute Gasteiger partial charge is 0.368 e. The first-order chi connectivity index (χ1) is 6.35. The monoisotopic (exact) mass is 200 g/mol. The minimum Gasteiger partial charge on any atom is -0.368 e. The van der Waals surface area contributed by atoms with Gasteiger partial charge in [0.15, 0.2) is 5.78 Å². The minimum atomic E-state index is -0.278. The third kappa shape index (κ3) is 3.79. The second kappa shape index (κ2) is 5.50. The Morgan fingerprint density at radius 3 is 2.14 bits per heavy atom. The fraction of sp³-hybridized carbons (Fsp3) is 0.917. The highest BCUT2D eigenvalue weighted by Crippen LogP contribution is 2.24. The van der Waals surface area contributed by atoms with Gasteiger partial charge < -0.3 is 4.74 Å². The van der Waals surface area contributed by atoms with E-state index < -0.39 is 0 Å². The Hall–Kier alpha value is -0.370. The van der Waals surface area contributed by atoms with Gasteiger partial charge in [-0.05, 0) is 26.7 Å². The van der Waals surface area contributed by atoms with E-state index in [1.54, 1.807) is 0 Å². The van der Waals surface area contributed by atoms with Gasteiger partial charge in [0.2, 0.25) is 0 Å². The van der Waals surface area contributed by atoms with Crippen LogP contribution in [0.3, 0.4) is 0 Å². The fourth-order valence-corrected chi connectivity index (χ4v) is 1.23. The van der Waals surface area contributed by atoms with Crippen LogP contribution in [0.2, 0.25) is 0 Å². The Kier molecular flexibility index (Phi) is 5.35. The van der Waals surface area contributed by atoms with Crippen molar-refractivity contribution in [3.8, 4) is 0 Å². The summed E-state index contributed by atoms with van der Waals surface area (Å²) in [6.07, 6.45) is 1.70. The minimum absolute atomic E-state index is 0.168. The van der Waals surface area contributed by atoms with Crippen molar-refractivity contribution in [2.75, 3.05) is 0 Å². The Morgan fingerprint density at radius 1 is 1.29 bits per heavy atom. The average molecular weight is 200 g/mol. The SMILES string of the molecule is CCC(C)OC(C)C(=O)C(C)(C)CC. The van der Waals surface area contributed by atoms with Gasteiger partial charge in [0.25, 0.3) is 0 Å². The number of ether oxygens (including phenoxy) is 1. The second-order valence-corrected chi connectivity index (χ2v) is 4.60. The molecule has 2 atom stereocenters. The molecule has 14 heavy (non-hydrogen) atoms. The van der Waals surface area contributed by atoms with Crippen molar-refractivity contribution in [3.63, 3.8) is 0 Å². The highest BCUT2D eigenvalue weighted by Gasteiger charge is 2.30. The maximum absolute atomic E-state index is 11.9. The number of hydrogen-bond donors (Lipinski definition) is 0. The molecule has 0 amide bonds. The molecule has 0 radical (unpaired) electrons. The molecule has 0 heterocycles. The molecule has 0 aromatic carbocycles. The molecular weight excluding hydrogens is 176 g/mol. The Morgan fingerprint density at radius 2 is 1.79 bits per heavy atom. The van der Waals surface area contributed by atoms with Gasteiger partial charge in [-0.15, -0.1) is 0 Å². The molecule has 0 aliphatic rings. The fourth-order valence-electron chi connectivity index (χ4n) is 1.23. The molecule has 2 heteroatoms. The molecule has 0 N–H and O–H groups in total. The van der Waals surface area contributed by atoms with Gasteiger partial charge >= 0.3 is 0 Å². The second-order valence-electron chi connectivity index (χ2n) is 4.60. The van der Waals surface area contributed by atoms with Gasteiger partial charge in [0.05, 0.1) is 6.10 Å². The predicted molar refractivity (Wildman–Crippen MR) is 59.4 cm³/mol. The van der Waals surface area contributed by atoms with E-state index in [0.29, 0.717) is 0 Å². The van der Waals surface area contributed by atoms with E-state index >= 15 is 0 Å². The van der Waals surface area contributed by atoms with Gasteiger partial charge in [0, 0.05) is 5.41 Å². The van der Waals surface area contributed by atoms with Crippen LogP contribution in [0.1, 0.15) is 54.4 Å². The van der Waals surface area contributed by atoms with Gasteiger partial charge in [-0.25, -0.2) is 0 Å². The summed E-state index contributed by atoms with van der Waals surface area (Å²) in [5, 5.41) is 0. The molecule has 0 saturated heterocycles.